The first kappa shape index (κ1) is 22.8. The molecule has 0 aliphatic rings. The average Bonchev–Trinajstić information content (AvgIpc) is 3.24. The number of ether oxygens (including phenoxy) is 1. The van der Waals surface area contributed by atoms with Crippen LogP contribution < -0.4 is 9.64 Å². The number of carbonyl (C=O) groups excluding carboxylic acids is 1. The van der Waals surface area contributed by atoms with Crippen molar-refractivity contribution in [3.05, 3.63) is 77.0 Å². The number of halogens is 1. The van der Waals surface area contributed by atoms with Gasteiger partial charge < -0.3 is 4.74 Å². The molecule has 5 nitrogen and oxygen atoms in total. The lowest BCUT2D eigenvalue weighted by atomic mass is 10.2. The van der Waals surface area contributed by atoms with E-state index in [1.54, 1.807) is 30.0 Å². The Kier molecular flexibility index (Phi) is 7.78. The van der Waals surface area contributed by atoms with Crippen LogP contribution >= 0.6 is 39.0 Å². The summed E-state index contributed by atoms with van der Waals surface area (Å²) in [4.78, 5) is 25.3. The highest BCUT2D eigenvalue weighted by atomic mass is 79.9. The van der Waals surface area contributed by atoms with Crippen LogP contribution in [0, 0.1) is 0 Å². The number of amides is 1. The smallest absolute Gasteiger partial charge is 0.229 e. The van der Waals surface area contributed by atoms with Crippen LogP contribution in [0.1, 0.15) is 18.5 Å². The molecular formula is C24H22BrN3O2S2. The summed E-state index contributed by atoms with van der Waals surface area (Å²) in [5.74, 6) is 1.77. The zero-order chi connectivity index (χ0) is 22.3. The van der Waals surface area contributed by atoms with Crippen LogP contribution in [0.3, 0.4) is 0 Å². The van der Waals surface area contributed by atoms with Crippen LogP contribution in [0.15, 0.2) is 76.2 Å². The summed E-state index contributed by atoms with van der Waals surface area (Å²) in [6.07, 6.45) is 2.99. The second-order valence-electron chi connectivity index (χ2n) is 7.04. The van der Waals surface area contributed by atoms with Crippen molar-refractivity contribution in [2.75, 3.05) is 17.8 Å². The molecule has 2 heterocycles. The number of benzene rings is 2. The Balaban J connectivity index is 1.44. The number of rotatable bonds is 9. The number of pyridine rings is 1. The lowest BCUT2D eigenvalue weighted by molar-refractivity contribution is -0.118. The molecule has 0 fully saturated rings. The van der Waals surface area contributed by atoms with E-state index in [-0.39, 0.29) is 5.91 Å². The summed E-state index contributed by atoms with van der Waals surface area (Å²) in [5.41, 5.74) is 1.73. The van der Waals surface area contributed by atoms with Crippen molar-refractivity contribution in [3.8, 4) is 5.75 Å². The molecular weight excluding hydrogens is 506 g/mol. The van der Waals surface area contributed by atoms with Gasteiger partial charge in [-0.2, -0.15) is 0 Å². The van der Waals surface area contributed by atoms with E-state index < -0.39 is 0 Å². The normalized spacial score (nSPS) is 10.9. The molecule has 0 radical (unpaired) electrons. The third-order valence-electron chi connectivity index (χ3n) is 4.78. The Morgan fingerprint density at radius 3 is 2.75 bits per heavy atom. The van der Waals surface area contributed by atoms with Crippen LogP contribution in [0.25, 0.3) is 10.2 Å². The molecule has 164 valence electrons. The molecule has 4 aromatic rings. The van der Waals surface area contributed by atoms with Gasteiger partial charge in [0.15, 0.2) is 5.13 Å². The van der Waals surface area contributed by atoms with E-state index >= 15 is 0 Å². The molecule has 2 aromatic heterocycles. The fourth-order valence-corrected chi connectivity index (χ4v) is 5.53. The van der Waals surface area contributed by atoms with Gasteiger partial charge in [0.05, 0.1) is 29.6 Å². The predicted molar refractivity (Wildman–Crippen MR) is 136 cm³/mol. The number of carbonyl (C=O) groups is 1. The van der Waals surface area contributed by atoms with Gasteiger partial charge in [-0.25, -0.2) is 4.98 Å². The highest BCUT2D eigenvalue weighted by molar-refractivity contribution is 9.10. The molecule has 0 atom stereocenters. The Labute approximate surface area is 204 Å². The Hall–Kier alpha value is -2.42. The minimum absolute atomic E-state index is 0.0594. The molecule has 0 N–H and O–H groups in total. The number of hydrogen-bond acceptors (Lipinski definition) is 6. The van der Waals surface area contributed by atoms with Crippen LogP contribution in [0.2, 0.25) is 0 Å². The monoisotopic (exact) mass is 527 g/mol. The van der Waals surface area contributed by atoms with Gasteiger partial charge >= 0.3 is 0 Å². The largest absolute Gasteiger partial charge is 0.497 e. The van der Waals surface area contributed by atoms with Gasteiger partial charge in [-0.15, -0.1) is 11.8 Å². The fourth-order valence-electron chi connectivity index (χ4n) is 3.14. The van der Waals surface area contributed by atoms with Gasteiger partial charge in [-0.3, -0.25) is 14.7 Å². The molecule has 0 bridgehead atoms. The van der Waals surface area contributed by atoms with E-state index in [0.717, 1.165) is 38.3 Å². The highest BCUT2D eigenvalue weighted by Crippen LogP contribution is 2.32. The summed E-state index contributed by atoms with van der Waals surface area (Å²) in [7, 11) is 1.66. The minimum Gasteiger partial charge on any atom is -0.497 e. The van der Waals surface area contributed by atoms with Crippen molar-refractivity contribution in [1.29, 1.82) is 0 Å². The number of fused-ring (bicyclic) bond motifs is 1. The molecule has 0 saturated heterocycles. The molecule has 0 spiro atoms. The first-order valence-electron chi connectivity index (χ1n) is 10.2. The molecule has 0 aliphatic heterocycles. The first-order valence-corrected chi connectivity index (χ1v) is 12.7. The van der Waals surface area contributed by atoms with E-state index in [9.17, 15) is 4.79 Å². The van der Waals surface area contributed by atoms with Crippen molar-refractivity contribution in [3.63, 3.8) is 0 Å². The lowest BCUT2D eigenvalue weighted by Gasteiger charge is -2.19. The van der Waals surface area contributed by atoms with Gasteiger partial charge in [-0.05, 0) is 66.8 Å². The summed E-state index contributed by atoms with van der Waals surface area (Å²) >= 11 is 6.78. The van der Waals surface area contributed by atoms with Gasteiger partial charge in [0, 0.05) is 22.0 Å². The number of aromatic nitrogens is 2. The van der Waals surface area contributed by atoms with Gasteiger partial charge in [-0.1, -0.05) is 33.3 Å². The average molecular weight is 528 g/mol. The molecule has 0 unspecified atom stereocenters. The molecule has 1 amide bonds. The summed E-state index contributed by atoms with van der Waals surface area (Å²) in [6, 6.07) is 19.7. The fraction of sp³-hybridized carbons (Fsp3) is 0.208. The Morgan fingerprint density at radius 1 is 1.16 bits per heavy atom. The van der Waals surface area contributed by atoms with Crippen LogP contribution in [-0.2, 0) is 11.3 Å². The van der Waals surface area contributed by atoms with E-state index in [1.807, 2.05) is 60.7 Å². The van der Waals surface area contributed by atoms with Crippen molar-refractivity contribution in [1.82, 2.24) is 9.97 Å². The number of hydrogen-bond donors (Lipinski definition) is 0. The molecule has 0 saturated carbocycles. The molecule has 32 heavy (non-hydrogen) atoms. The van der Waals surface area contributed by atoms with Crippen molar-refractivity contribution < 1.29 is 9.53 Å². The van der Waals surface area contributed by atoms with E-state index in [0.29, 0.717) is 18.1 Å². The quantitative estimate of drug-likeness (QED) is 0.182. The van der Waals surface area contributed by atoms with Gasteiger partial charge in [0.25, 0.3) is 0 Å². The minimum atomic E-state index is 0.0594. The highest BCUT2D eigenvalue weighted by Gasteiger charge is 2.20. The molecule has 0 aliphatic carbocycles. The van der Waals surface area contributed by atoms with Crippen molar-refractivity contribution in [2.24, 2.45) is 0 Å². The van der Waals surface area contributed by atoms with Crippen LogP contribution in [0.5, 0.6) is 5.75 Å². The maximum absolute atomic E-state index is 13.2. The SMILES string of the molecule is COc1ccc(SCCCC(=O)N(Cc2ccccn2)c2nc3ccc(Br)cc3s2)cc1. The van der Waals surface area contributed by atoms with Crippen molar-refractivity contribution >= 4 is 60.3 Å². The zero-order valence-corrected chi connectivity index (χ0v) is 20.8. The van der Waals surface area contributed by atoms with E-state index in [4.69, 9.17) is 9.72 Å². The van der Waals surface area contributed by atoms with Gasteiger partial charge in [0.2, 0.25) is 5.91 Å². The van der Waals surface area contributed by atoms with E-state index in [2.05, 4.69) is 20.9 Å². The predicted octanol–water partition coefficient (Wildman–Crippen LogP) is 6.57. The third-order valence-corrected chi connectivity index (χ3v) is 7.41. The number of methoxy groups -OCH3 is 1. The first-order chi connectivity index (χ1) is 15.6. The van der Waals surface area contributed by atoms with E-state index in [1.165, 1.54) is 16.2 Å². The summed E-state index contributed by atoms with van der Waals surface area (Å²) < 4.78 is 7.24. The topological polar surface area (TPSA) is 55.3 Å². The van der Waals surface area contributed by atoms with Crippen molar-refractivity contribution in [2.45, 2.75) is 24.3 Å². The number of thioether (sulfide) groups is 1. The van der Waals surface area contributed by atoms with Gasteiger partial charge in [0.1, 0.15) is 5.75 Å². The second kappa shape index (κ2) is 10.9. The number of nitrogens with zero attached hydrogens (tertiary/aromatic N) is 3. The number of anilines is 1. The second-order valence-corrected chi connectivity index (χ2v) is 10.1. The van der Waals surface area contributed by atoms with Crippen LogP contribution in [-0.4, -0.2) is 28.7 Å². The standard InChI is InChI=1S/C24H22BrN3O2S2/c1-30-19-8-10-20(11-9-19)31-14-4-6-23(29)28(16-18-5-2-3-13-26-18)24-27-21-12-7-17(25)15-22(21)32-24/h2-3,5,7-13,15H,4,6,14,16H2,1H3. The third kappa shape index (κ3) is 5.88. The summed E-state index contributed by atoms with van der Waals surface area (Å²) in [5, 5.41) is 0.705. The Bertz CT molecular complexity index is 1180. The molecule has 4 rings (SSSR count). The Morgan fingerprint density at radius 2 is 2.00 bits per heavy atom. The zero-order valence-electron chi connectivity index (χ0n) is 17.5. The number of thiazole rings is 1. The maximum Gasteiger partial charge on any atom is 0.229 e. The molecule has 2 aromatic carbocycles. The lowest BCUT2D eigenvalue weighted by Crippen LogP contribution is -2.30. The van der Waals surface area contributed by atoms with Crippen LogP contribution in [0.4, 0.5) is 5.13 Å². The molecule has 8 heteroatoms. The maximum atomic E-state index is 13.2. The summed E-state index contributed by atoms with van der Waals surface area (Å²) in [6.45, 7) is 0.409.